The minimum atomic E-state index is -0.0914. The van der Waals surface area contributed by atoms with Crippen molar-refractivity contribution >= 4 is 5.69 Å². The Kier molecular flexibility index (Phi) is 3.24. The fourth-order valence-electron chi connectivity index (χ4n) is 2.78. The molecule has 1 N–H and O–H groups in total. The number of fused-ring (bicyclic) bond motifs is 1. The van der Waals surface area contributed by atoms with E-state index in [1.165, 1.54) is 11.3 Å². The average Bonchev–Trinajstić information content (AvgIpc) is 2.43. The van der Waals surface area contributed by atoms with Gasteiger partial charge in [0.15, 0.2) is 0 Å². The van der Waals surface area contributed by atoms with Crippen molar-refractivity contribution in [2.45, 2.75) is 32.2 Å². The van der Waals surface area contributed by atoms with Crippen molar-refractivity contribution in [2.24, 2.45) is 0 Å². The van der Waals surface area contributed by atoms with Gasteiger partial charge in [0, 0.05) is 11.7 Å². The van der Waals surface area contributed by atoms with Gasteiger partial charge in [0.2, 0.25) is 0 Å². The molecule has 2 aromatic carbocycles. The molecule has 1 aliphatic rings. The summed E-state index contributed by atoms with van der Waals surface area (Å²) in [6.45, 7) is 2.01. The van der Waals surface area contributed by atoms with Crippen LogP contribution in [0, 0.1) is 12.7 Å². The number of halogens is 1. The van der Waals surface area contributed by atoms with E-state index in [1.54, 1.807) is 6.07 Å². The zero-order valence-electron chi connectivity index (χ0n) is 11.1. The summed E-state index contributed by atoms with van der Waals surface area (Å²) in [7, 11) is 0. The van der Waals surface area contributed by atoms with Crippen LogP contribution in [0.2, 0.25) is 0 Å². The van der Waals surface area contributed by atoms with Gasteiger partial charge in [0.1, 0.15) is 5.82 Å². The smallest absolute Gasteiger partial charge is 0.126 e. The summed E-state index contributed by atoms with van der Waals surface area (Å²) in [6, 6.07) is 14.1. The number of benzene rings is 2. The van der Waals surface area contributed by atoms with Crippen LogP contribution in [0.25, 0.3) is 0 Å². The lowest BCUT2D eigenvalue weighted by atomic mass is 9.93. The Labute approximate surface area is 113 Å². The number of aryl methyl sites for hydroxylation is 2. The SMILES string of the molecule is Cc1ccc(F)c(CC2CCc3ccccc3N2)c1. The van der Waals surface area contributed by atoms with Gasteiger partial charge in [-0.05, 0) is 49.4 Å². The molecule has 3 rings (SSSR count). The monoisotopic (exact) mass is 255 g/mol. The van der Waals surface area contributed by atoms with E-state index in [4.69, 9.17) is 0 Å². The van der Waals surface area contributed by atoms with Crippen LogP contribution in [-0.4, -0.2) is 6.04 Å². The highest BCUT2D eigenvalue weighted by molar-refractivity contribution is 5.54. The molecule has 1 nitrogen and oxygen atoms in total. The van der Waals surface area contributed by atoms with Gasteiger partial charge in [0.25, 0.3) is 0 Å². The van der Waals surface area contributed by atoms with E-state index in [0.717, 1.165) is 30.4 Å². The Hall–Kier alpha value is -1.83. The highest BCUT2D eigenvalue weighted by Crippen LogP contribution is 2.26. The number of anilines is 1. The molecule has 0 aromatic heterocycles. The highest BCUT2D eigenvalue weighted by atomic mass is 19.1. The summed E-state index contributed by atoms with van der Waals surface area (Å²) in [5, 5.41) is 3.53. The number of nitrogens with one attached hydrogen (secondary N) is 1. The van der Waals surface area contributed by atoms with Crippen molar-refractivity contribution in [3.05, 3.63) is 65.0 Å². The number of hydrogen-bond acceptors (Lipinski definition) is 1. The fraction of sp³-hybridized carbons (Fsp3) is 0.294. The molecule has 1 aliphatic heterocycles. The molecule has 2 aromatic rings. The maximum Gasteiger partial charge on any atom is 0.126 e. The molecule has 1 unspecified atom stereocenters. The van der Waals surface area contributed by atoms with E-state index >= 15 is 0 Å². The van der Waals surface area contributed by atoms with Crippen molar-refractivity contribution in [3.8, 4) is 0 Å². The Balaban J connectivity index is 1.77. The van der Waals surface area contributed by atoms with Gasteiger partial charge in [-0.1, -0.05) is 35.9 Å². The second-order valence-electron chi connectivity index (χ2n) is 5.34. The van der Waals surface area contributed by atoms with E-state index in [0.29, 0.717) is 6.04 Å². The molecule has 2 heteroatoms. The van der Waals surface area contributed by atoms with Crippen LogP contribution < -0.4 is 5.32 Å². The molecule has 0 spiro atoms. The molecule has 0 aliphatic carbocycles. The summed E-state index contributed by atoms with van der Waals surface area (Å²) in [5.41, 5.74) is 4.50. The molecule has 0 amide bonds. The maximum absolute atomic E-state index is 13.8. The molecule has 0 fully saturated rings. The molecule has 1 heterocycles. The highest BCUT2D eigenvalue weighted by Gasteiger charge is 2.18. The lowest BCUT2D eigenvalue weighted by Crippen LogP contribution is -2.27. The van der Waals surface area contributed by atoms with Gasteiger partial charge in [-0.3, -0.25) is 0 Å². The van der Waals surface area contributed by atoms with Crippen molar-refractivity contribution < 1.29 is 4.39 Å². The Morgan fingerprint density at radius 2 is 2.05 bits per heavy atom. The number of rotatable bonds is 2. The largest absolute Gasteiger partial charge is 0.382 e. The Morgan fingerprint density at radius 1 is 1.21 bits per heavy atom. The van der Waals surface area contributed by atoms with Crippen molar-refractivity contribution in [3.63, 3.8) is 0 Å². The molecule has 19 heavy (non-hydrogen) atoms. The predicted octanol–water partition coefficient (Wildman–Crippen LogP) is 4.10. The number of para-hydroxylation sites is 1. The molecule has 0 saturated heterocycles. The molecule has 0 bridgehead atoms. The molecule has 98 valence electrons. The zero-order chi connectivity index (χ0) is 13.2. The van der Waals surface area contributed by atoms with Gasteiger partial charge in [0.05, 0.1) is 0 Å². The van der Waals surface area contributed by atoms with Crippen LogP contribution >= 0.6 is 0 Å². The first kappa shape index (κ1) is 12.2. The van der Waals surface area contributed by atoms with Gasteiger partial charge >= 0.3 is 0 Å². The summed E-state index contributed by atoms with van der Waals surface area (Å²) >= 11 is 0. The standard InChI is InChI=1S/C17H18FN/c1-12-6-9-16(18)14(10-12)11-15-8-7-13-4-2-3-5-17(13)19-15/h2-6,9-10,15,19H,7-8,11H2,1H3. The second kappa shape index (κ2) is 5.04. The average molecular weight is 255 g/mol. The van der Waals surface area contributed by atoms with E-state index in [9.17, 15) is 4.39 Å². The van der Waals surface area contributed by atoms with Crippen molar-refractivity contribution in [1.29, 1.82) is 0 Å². The van der Waals surface area contributed by atoms with Crippen LogP contribution in [-0.2, 0) is 12.8 Å². The minimum Gasteiger partial charge on any atom is -0.382 e. The Morgan fingerprint density at radius 3 is 2.95 bits per heavy atom. The van der Waals surface area contributed by atoms with E-state index < -0.39 is 0 Å². The summed E-state index contributed by atoms with van der Waals surface area (Å²) < 4.78 is 13.8. The summed E-state index contributed by atoms with van der Waals surface area (Å²) in [5.74, 6) is -0.0914. The minimum absolute atomic E-state index is 0.0914. The maximum atomic E-state index is 13.8. The fourth-order valence-corrected chi connectivity index (χ4v) is 2.78. The predicted molar refractivity (Wildman–Crippen MR) is 77.0 cm³/mol. The van der Waals surface area contributed by atoms with Gasteiger partial charge in [-0.15, -0.1) is 0 Å². The number of hydrogen-bond donors (Lipinski definition) is 1. The third kappa shape index (κ3) is 2.62. The van der Waals surface area contributed by atoms with Crippen LogP contribution in [0.1, 0.15) is 23.1 Å². The first-order valence-electron chi connectivity index (χ1n) is 6.82. The lowest BCUT2D eigenvalue weighted by molar-refractivity contribution is 0.575. The van der Waals surface area contributed by atoms with E-state index in [1.807, 2.05) is 25.1 Å². The van der Waals surface area contributed by atoms with E-state index in [2.05, 4.69) is 23.5 Å². The molecular formula is C17H18FN. The van der Waals surface area contributed by atoms with Crippen LogP contribution in [0.3, 0.4) is 0 Å². The molecule has 0 saturated carbocycles. The van der Waals surface area contributed by atoms with Crippen LogP contribution in [0.4, 0.5) is 10.1 Å². The molecule has 0 radical (unpaired) electrons. The molecular weight excluding hydrogens is 237 g/mol. The zero-order valence-corrected chi connectivity index (χ0v) is 11.1. The Bertz CT molecular complexity index is 592. The van der Waals surface area contributed by atoms with Gasteiger partial charge < -0.3 is 5.32 Å². The first-order valence-corrected chi connectivity index (χ1v) is 6.82. The first-order chi connectivity index (χ1) is 9.22. The third-order valence-corrected chi connectivity index (χ3v) is 3.81. The topological polar surface area (TPSA) is 12.0 Å². The van der Waals surface area contributed by atoms with E-state index in [-0.39, 0.29) is 5.82 Å². The van der Waals surface area contributed by atoms with Gasteiger partial charge in [-0.25, -0.2) is 4.39 Å². The summed E-state index contributed by atoms with van der Waals surface area (Å²) in [6.07, 6.45) is 2.88. The normalized spacial score (nSPS) is 17.7. The molecule has 1 atom stereocenters. The van der Waals surface area contributed by atoms with Crippen molar-refractivity contribution in [1.82, 2.24) is 0 Å². The lowest BCUT2D eigenvalue weighted by Gasteiger charge is -2.27. The summed E-state index contributed by atoms with van der Waals surface area (Å²) in [4.78, 5) is 0. The van der Waals surface area contributed by atoms with Crippen LogP contribution in [0.15, 0.2) is 42.5 Å². The quantitative estimate of drug-likeness (QED) is 0.851. The van der Waals surface area contributed by atoms with Gasteiger partial charge in [-0.2, -0.15) is 0 Å². The second-order valence-corrected chi connectivity index (χ2v) is 5.34. The third-order valence-electron chi connectivity index (χ3n) is 3.81. The van der Waals surface area contributed by atoms with Crippen LogP contribution in [0.5, 0.6) is 0 Å². The van der Waals surface area contributed by atoms with Crippen molar-refractivity contribution in [2.75, 3.05) is 5.32 Å².